The van der Waals surface area contributed by atoms with Gasteiger partial charge in [0.15, 0.2) is 16.7 Å². The Morgan fingerprint density at radius 1 is 1.02 bits per heavy atom. The summed E-state index contributed by atoms with van der Waals surface area (Å²) in [6.45, 7) is 5.48. The molecule has 0 fully saturated rings. The summed E-state index contributed by atoms with van der Waals surface area (Å²) in [4.78, 5) is 57.5. The maximum Gasteiger partial charge on any atom is 0.285 e. The molecular weight excluding hydrogens is 772 g/mol. The summed E-state index contributed by atoms with van der Waals surface area (Å²) in [6.07, 6.45) is 7.95. The maximum absolute atomic E-state index is 14.2. The average Bonchev–Trinajstić information content (AvgIpc) is 3.19. The first-order valence-electron chi connectivity index (χ1n) is 16.5. The first kappa shape index (κ1) is 39.2. The number of amides is 3. The maximum atomic E-state index is 14.2. The molecule has 0 aliphatic carbocycles. The number of hydrogen-bond acceptors (Lipinski definition) is 8. The highest BCUT2D eigenvalue weighted by Gasteiger charge is 2.35. The van der Waals surface area contributed by atoms with Crippen molar-refractivity contribution in [1.29, 1.82) is 0 Å². The second-order valence-corrected chi connectivity index (χ2v) is 13.4. The molecule has 5 rings (SSSR count). The topological polar surface area (TPSA) is 140 Å². The Balaban J connectivity index is 1.41. The molecule has 54 heavy (non-hydrogen) atoms. The third-order valence-electron chi connectivity index (χ3n) is 8.01. The molecule has 0 saturated carbocycles. The monoisotopic (exact) mass is 806 g/mol. The molecule has 11 nitrogen and oxygen atoms in total. The molecule has 4 aromatic carbocycles. The number of halogens is 1. The van der Waals surface area contributed by atoms with Gasteiger partial charge in [-0.3, -0.25) is 29.4 Å². The Labute approximate surface area is 325 Å². The van der Waals surface area contributed by atoms with Crippen molar-refractivity contribution in [3.8, 4) is 11.5 Å². The highest BCUT2D eigenvalue weighted by molar-refractivity contribution is 9.10. The number of nitro benzene ring substituents is 1. The molecule has 4 aromatic rings. The van der Waals surface area contributed by atoms with Gasteiger partial charge in [0, 0.05) is 22.3 Å². The van der Waals surface area contributed by atoms with E-state index in [1.54, 1.807) is 55.5 Å². The Morgan fingerprint density at radius 2 is 1.70 bits per heavy atom. The Bertz CT molecular complexity index is 2150. The smallest absolute Gasteiger partial charge is 0.285 e. The predicted octanol–water partition coefficient (Wildman–Crippen LogP) is 8.34. The summed E-state index contributed by atoms with van der Waals surface area (Å²) in [5, 5.41) is 14.3. The minimum absolute atomic E-state index is 0.0214. The van der Waals surface area contributed by atoms with Crippen molar-refractivity contribution in [3.05, 3.63) is 176 Å². The number of methoxy groups -OCH3 is 1. The number of allylic oxidation sites excluding steroid dienone is 4. The van der Waals surface area contributed by atoms with Gasteiger partial charge < -0.3 is 14.8 Å². The van der Waals surface area contributed by atoms with E-state index in [0.29, 0.717) is 32.8 Å². The van der Waals surface area contributed by atoms with Gasteiger partial charge in [0.25, 0.3) is 17.5 Å². The van der Waals surface area contributed by atoms with Gasteiger partial charge in [-0.05, 0) is 53.5 Å². The second kappa shape index (κ2) is 18.6. The van der Waals surface area contributed by atoms with Gasteiger partial charge in [-0.2, -0.15) is 4.99 Å². The first-order chi connectivity index (χ1) is 26.1. The Hall–Kier alpha value is -6.05. The van der Waals surface area contributed by atoms with Gasteiger partial charge in [0.1, 0.15) is 12.2 Å². The number of carbonyl (C=O) groups is 3. The summed E-state index contributed by atoms with van der Waals surface area (Å²) in [5.41, 5.74) is 2.93. The quantitative estimate of drug-likeness (QED) is 0.0441. The first-order valence-corrected chi connectivity index (χ1v) is 18.3. The summed E-state index contributed by atoms with van der Waals surface area (Å²) >= 11 is 4.48. The van der Waals surface area contributed by atoms with E-state index in [2.05, 4.69) is 32.8 Å². The van der Waals surface area contributed by atoms with E-state index in [-0.39, 0.29) is 34.7 Å². The number of rotatable bonds is 14. The second-order valence-electron chi connectivity index (χ2n) is 11.6. The number of nitrogens with zero attached hydrogens (tertiary/aromatic N) is 3. The molecule has 1 N–H and O–H groups in total. The third kappa shape index (κ3) is 9.68. The standard InChI is InChI=1S/C41H35BrN4O7S/c1-4-6-19-31(5-2)45-40(49)33(22-30-23-35(52-3)36(24-34(30)42)53-25-27-14-13-20-32(21-27)46(50)51)39(48)44-41(45)54-26-37(47)43-38(28-15-9-7-10-16-28)29-17-11-8-12-18-29/h4-24,38H,1,25-26H2,2-3H3,(H,43,47)/b19-6-,31-5+,33-22+. The van der Waals surface area contributed by atoms with Crippen LogP contribution in [-0.4, -0.2) is 45.6 Å². The van der Waals surface area contributed by atoms with Crippen molar-refractivity contribution >= 4 is 62.3 Å². The van der Waals surface area contributed by atoms with Gasteiger partial charge in [0.05, 0.1) is 23.8 Å². The lowest BCUT2D eigenvalue weighted by molar-refractivity contribution is -0.384. The molecule has 1 heterocycles. The van der Waals surface area contributed by atoms with Crippen molar-refractivity contribution in [2.75, 3.05) is 12.9 Å². The van der Waals surface area contributed by atoms with Crippen molar-refractivity contribution in [3.63, 3.8) is 0 Å². The van der Waals surface area contributed by atoms with Crippen molar-refractivity contribution in [1.82, 2.24) is 10.2 Å². The van der Waals surface area contributed by atoms with Gasteiger partial charge in [-0.25, -0.2) is 0 Å². The molecule has 0 bridgehead atoms. The fourth-order valence-corrected chi connectivity index (χ4v) is 6.65. The number of ether oxygens (including phenoxy) is 2. The summed E-state index contributed by atoms with van der Waals surface area (Å²) in [7, 11) is 1.44. The van der Waals surface area contributed by atoms with Crippen LogP contribution in [0, 0.1) is 10.1 Å². The van der Waals surface area contributed by atoms with Crippen LogP contribution >= 0.6 is 27.7 Å². The van der Waals surface area contributed by atoms with Crippen LogP contribution in [0.1, 0.15) is 35.2 Å². The lowest BCUT2D eigenvalue weighted by Crippen LogP contribution is -2.42. The Kier molecular flexibility index (Phi) is 13.5. The van der Waals surface area contributed by atoms with Crippen LogP contribution in [0.5, 0.6) is 11.5 Å². The molecule has 0 unspecified atom stereocenters. The van der Waals surface area contributed by atoms with Gasteiger partial charge >= 0.3 is 0 Å². The van der Waals surface area contributed by atoms with Crippen LogP contribution in [-0.2, 0) is 21.0 Å². The number of aliphatic imine (C=N–C) groups is 1. The molecule has 274 valence electrons. The van der Waals surface area contributed by atoms with Crippen LogP contribution in [0.15, 0.2) is 149 Å². The average molecular weight is 808 g/mol. The van der Waals surface area contributed by atoms with E-state index >= 15 is 0 Å². The minimum atomic E-state index is -0.786. The zero-order valence-electron chi connectivity index (χ0n) is 29.3. The van der Waals surface area contributed by atoms with E-state index < -0.39 is 22.8 Å². The number of amidine groups is 1. The fourth-order valence-electron chi connectivity index (χ4n) is 5.40. The SMILES string of the molecule is C=C/C=C\C(=C/C)N1C(=O)/C(=C/c2cc(OC)c(OCc3cccc([N+](=O)[O-])c3)cc2Br)C(=O)N=C1SCC(=O)NC(c1ccccc1)c1ccccc1. The van der Waals surface area contributed by atoms with E-state index in [9.17, 15) is 24.5 Å². The molecule has 1 aliphatic heterocycles. The minimum Gasteiger partial charge on any atom is -0.493 e. The molecule has 0 radical (unpaired) electrons. The molecule has 0 aromatic heterocycles. The fraction of sp³-hybridized carbons (Fsp3) is 0.122. The normalized spacial score (nSPS) is 14.0. The van der Waals surface area contributed by atoms with Crippen LogP contribution in [0.25, 0.3) is 6.08 Å². The van der Waals surface area contributed by atoms with Gasteiger partial charge in [-0.15, -0.1) is 0 Å². The zero-order chi connectivity index (χ0) is 38.6. The van der Waals surface area contributed by atoms with E-state index in [4.69, 9.17) is 9.47 Å². The van der Waals surface area contributed by atoms with E-state index in [1.807, 2.05) is 60.7 Å². The Morgan fingerprint density at radius 3 is 2.31 bits per heavy atom. The lowest BCUT2D eigenvalue weighted by atomic mass is 9.99. The molecule has 0 atom stereocenters. The van der Waals surface area contributed by atoms with Crippen LogP contribution in [0.3, 0.4) is 0 Å². The summed E-state index contributed by atoms with van der Waals surface area (Å²) in [5.74, 6) is -1.28. The molecule has 0 spiro atoms. The van der Waals surface area contributed by atoms with Crippen molar-refractivity contribution < 1.29 is 28.8 Å². The number of non-ortho nitro benzene ring substituents is 1. The number of carbonyl (C=O) groups excluding carboxylic acids is 3. The van der Waals surface area contributed by atoms with Gasteiger partial charge in [0.2, 0.25) is 5.91 Å². The van der Waals surface area contributed by atoms with Crippen molar-refractivity contribution in [2.24, 2.45) is 4.99 Å². The molecular formula is C41H35BrN4O7S. The number of thioether (sulfide) groups is 1. The zero-order valence-corrected chi connectivity index (χ0v) is 31.7. The third-order valence-corrected chi connectivity index (χ3v) is 9.64. The number of nitrogens with one attached hydrogen (secondary N) is 1. The number of hydrogen-bond donors (Lipinski definition) is 1. The predicted molar refractivity (Wildman–Crippen MR) is 214 cm³/mol. The number of nitro groups is 1. The molecule has 13 heteroatoms. The molecule has 3 amide bonds. The highest BCUT2D eigenvalue weighted by Crippen LogP contribution is 2.36. The summed E-state index contributed by atoms with van der Waals surface area (Å²) < 4.78 is 12.0. The number of benzene rings is 4. The largest absolute Gasteiger partial charge is 0.493 e. The molecule has 1 aliphatic rings. The van der Waals surface area contributed by atoms with E-state index in [0.717, 1.165) is 22.9 Å². The van der Waals surface area contributed by atoms with Crippen LogP contribution in [0.4, 0.5) is 5.69 Å². The van der Waals surface area contributed by atoms with E-state index in [1.165, 1.54) is 30.2 Å². The summed E-state index contributed by atoms with van der Waals surface area (Å²) in [6, 6.07) is 28.0. The van der Waals surface area contributed by atoms with Crippen molar-refractivity contribution in [2.45, 2.75) is 19.6 Å². The van der Waals surface area contributed by atoms with Gasteiger partial charge in [-0.1, -0.05) is 125 Å². The highest BCUT2D eigenvalue weighted by atomic mass is 79.9. The van der Waals surface area contributed by atoms with Crippen LogP contribution < -0.4 is 14.8 Å². The molecule has 0 saturated heterocycles. The van der Waals surface area contributed by atoms with Crippen LogP contribution in [0.2, 0.25) is 0 Å². The lowest BCUT2D eigenvalue weighted by Gasteiger charge is -2.28.